The third-order valence-corrected chi connectivity index (χ3v) is 2.57. The molecule has 15 heavy (non-hydrogen) atoms. The Bertz CT molecular complexity index is 362. The quantitative estimate of drug-likeness (QED) is 0.665. The summed E-state index contributed by atoms with van der Waals surface area (Å²) in [5.41, 5.74) is 1.60. The van der Waals surface area contributed by atoms with E-state index in [-0.39, 0.29) is 5.97 Å². The summed E-state index contributed by atoms with van der Waals surface area (Å²) in [5, 5.41) is 9.42. The van der Waals surface area contributed by atoms with Crippen molar-refractivity contribution in [2.24, 2.45) is 0 Å². The molecule has 1 rings (SSSR count). The molecule has 0 aliphatic rings. The van der Waals surface area contributed by atoms with Crippen molar-refractivity contribution in [1.82, 2.24) is 0 Å². The molecule has 4 heteroatoms. The highest BCUT2D eigenvalue weighted by Gasteiger charge is 2.11. The van der Waals surface area contributed by atoms with Gasteiger partial charge in [0.25, 0.3) is 0 Å². The van der Waals surface area contributed by atoms with Crippen molar-refractivity contribution in [2.75, 3.05) is 0 Å². The number of hydrogen-bond acceptors (Lipinski definition) is 3. The molecule has 1 unspecified atom stereocenters. The third kappa shape index (κ3) is 3.04. The first-order valence-electron chi connectivity index (χ1n) is 4.58. The number of esters is 1. The number of ether oxygens (including phenoxy) is 1. The summed E-state index contributed by atoms with van der Waals surface area (Å²) in [6, 6.07) is 3.55. The van der Waals surface area contributed by atoms with E-state index in [9.17, 15) is 9.90 Å². The van der Waals surface area contributed by atoms with E-state index < -0.39 is 6.10 Å². The number of benzene rings is 1. The second kappa shape index (κ2) is 4.77. The topological polar surface area (TPSA) is 46.5 Å². The summed E-state index contributed by atoms with van der Waals surface area (Å²) in [7, 11) is 0. The van der Waals surface area contributed by atoms with E-state index in [0.717, 1.165) is 11.1 Å². The van der Waals surface area contributed by atoms with E-state index in [4.69, 9.17) is 4.74 Å². The molecule has 0 bridgehead atoms. The van der Waals surface area contributed by atoms with Crippen LogP contribution in [0.3, 0.4) is 0 Å². The Balaban J connectivity index is 3.15. The van der Waals surface area contributed by atoms with Crippen molar-refractivity contribution in [2.45, 2.75) is 26.9 Å². The van der Waals surface area contributed by atoms with Crippen molar-refractivity contribution in [1.29, 1.82) is 0 Å². The van der Waals surface area contributed by atoms with Gasteiger partial charge in [-0.25, -0.2) is 0 Å². The lowest BCUT2D eigenvalue weighted by atomic mass is 10.1. The monoisotopic (exact) mass is 272 g/mol. The number of carbonyl (C=O) groups excluding carboxylic acids is 1. The molecular formula is C11H13BrO3. The molecule has 1 N–H and O–H groups in total. The maximum atomic E-state index is 10.8. The van der Waals surface area contributed by atoms with Gasteiger partial charge in [0.05, 0.1) is 10.6 Å². The van der Waals surface area contributed by atoms with Crippen LogP contribution in [0.25, 0.3) is 0 Å². The van der Waals surface area contributed by atoms with Gasteiger partial charge in [-0.05, 0) is 53.0 Å². The van der Waals surface area contributed by atoms with Crippen LogP contribution in [-0.4, -0.2) is 11.1 Å². The van der Waals surface area contributed by atoms with Crippen LogP contribution in [0.1, 0.15) is 31.1 Å². The lowest BCUT2D eigenvalue weighted by molar-refractivity contribution is -0.131. The molecule has 0 amide bonds. The maximum absolute atomic E-state index is 10.8. The highest BCUT2D eigenvalue weighted by Crippen LogP contribution is 2.32. The van der Waals surface area contributed by atoms with Crippen molar-refractivity contribution >= 4 is 21.9 Å². The molecule has 0 aromatic heterocycles. The Labute approximate surface area is 97.2 Å². The molecule has 0 fully saturated rings. The normalized spacial score (nSPS) is 12.3. The molecule has 0 aliphatic heterocycles. The average molecular weight is 273 g/mol. The van der Waals surface area contributed by atoms with Crippen molar-refractivity contribution in [3.63, 3.8) is 0 Å². The average Bonchev–Trinajstić information content (AvgIpc) is 2.10. The van der Waals surface area contributed by atoms with Crippen LogP contribution in [-0.2, 0) is 4.79 Å². The second-order valence-electron chi connectivity index (χ2n) is 3.42. The van der Waals surface area contributed by atoms with E-state index in [1.165, 1.54) is 6.92 Å². The first-order valence-corrected chi connectivity index (χ1v) is 5.37. The molecular weight excluding hydrogens is 260 g/mol. The predicted octanol–water partition coefficient (Wildman–Crippen LogP) is 2.74. The first kappa shape index (κ1) is 12.2. The van der Waals surface area contributed by atoms with E-state index in [1.807, 2.05) is 6.92 Å². The van der Waals surface area contributed by atoms with Crippen LogP contribution in [0.4, 0.5) is 0 Å². The molecule has 1 aromatic carbocycles. The van der Waals surface area contributed by atoms with Crippen LogP contribution in [0.15, 0.2) is 16.6 Å². The largest absolute Gasteiger partial charge is 0.425 e. The number of aliphatic hydroxyl groups excluding tert-OH is 1. The molecule has 0 heterocycles. The zero-order chi connectivity index (χ0) is 11.6. The fourth-order valence-corrected chi connectivity index (χ4v) is 1.93. The van der Waals surface area contributed by atoms with E-state index >= 15 is 0 Å². The van der Waals surface area contributed by atoms with E-state index in [2.05, 4.69) is 15.9 Å². The summed E-state index contributed by atoms with van der Waals surface area (Å²) in [5.74, 6) is 0.149. The highest BCUT2D eigenvalue weighted by molar-refractivity contribution is 9.10. The number of carbonyl (C=O) groups is 1. The Kier molecular flexibility index (Phi) is 3.88. The van der Waals surface area contributed by atoms with Gasteiger partial charge >= 0.3 is 5.97 Å². The fraction of sp³-hybridized carbons (Fsp3) is 0.364. The highest BCUT2D eigenvalue weighted by atomic mass is 79.9. The Morgan fingerprint density at radius 1 is 1.53 bits per heavy atom. The van der Waals surface area contributed by atoms with Crippen molar-refractivity contribution in [3.05, 3.63) is 27.7 Å². The van der Waals surface area contributed by atoms with Crippen molar-refractivity contribution in [3.8, 4) is 5.75 Å². The van der Waals surface area contributed by atoms with Crippen LogP contribution in [0, 0.1) is 6.92 Å². The molecule has 0 radical (unpaired) electrons. The van der Waals surface area contributed by atoms with Gasteiger partial charge in [-0.1, -0.05) is 0 Å². The molecule has 0 aliphatic carbocycles. The minimum absolute atomic E-state index is 0.358. The Hall–Kier alpha value is -0.870. The lowest BCUT2D eigenvalue weighted by Gasteiger charge is -2.12. The molecule has 0 saturated carbocycles. The SMILES string of the molecule is CC(=O)Oc1c(C)cc(C(C)O)cc1Br. The minimum Gasteiger partial charge on any atom is -0.425 e. The van der Waals surface area contributed by atoms with Gasteiger partial charge in [-0.3, -0.25) is 4.79 Å². The predicted molar refractivity (Wildman–Crippen MR) is 60.8 cm³/mol. The zero-order valence-corrected chi connectivity index (χ0v) is 10.5. The maximum Gasteiger partial charge on any atom is 0.308 e. The molecule has 82 valence electrons. The van der Waals surface area contributed by atoms with Gasteiger partial charge in [0, 0.05) is 6.92 Å². The van der Waals surface area contributed by atoms with Crippen LogP contribution < -0.4 is 4.74 Å². The number of aliphatic hydroxyl groups is 1. The van der Waals surface area contributed by atoms with Crippen LogP contribution in [0.5, 0.6) is 5.75 Å². The standard InChI is InChI=1S/C11H13BrO3/c1-6-4-9(7(2)13)5-10(12)11(6)15-8(3)14/h4-5,7,13H,1-3H3. The van der Waals surface area contributed by atoms with Gasteiger partial charge in [0.2, 0.25) is 0 Å². The molecule has 3 nitrogen and oxygen atoms in total. The van der Waals surface area contributed by atoms with Crippen LogP contribution in [0.2, 0.25) is 0 Å². The molecule has 0 spiro atoms. The summed E-state index contributed by atoms with van der Waals surface area (Å²) < 4.78 is 5.72. The summed E-state index contributed by atoms with van der Waals surface area (Å²) in [6.45, 7) is 4.87. The minimum atomic E-state index is -0.536. The smallest absolute Gasteiger partial charge is 0.308 e. The van der Waals surface area contributed by atoms with Gasteiger partial charge in [0.1, 0.15) is 5.75 Å². The first-order chi connectivity index (χ1) is 6.91. The van der Waals surface area contributed by atoms with E-state index in [1.54, 1.807) is 19.1 Å². The molecule has 1 atom stereocenters. The fourth-order valence-electron chi connectivity index (χ4n) is 1.27. The third-order valence-electron chi connectivity index (χ3n) is 1.98. The molecule has 0 saturated heterocycles. The van der Waals surface area contributed by atoms with Gasteiger partial charge in [0.15, 0.2) is 0 Å². The number of hydrogen-bond donors (Lipinski definition) is 1. The number of rotatable bonds is 2. The van der Waals surface area contributed by atoms with Crippen molar-refractivity contribution < 1.29 is 14.6 Å². The summed E-state index contributed by atoms with van der Waals surface area (Å²) in [6.07, 6.45) is -0.536. The zero-order valence-electron chi connectivity index (χ0n) is 8.87. The van der Waals surface area contributed by atoms with Gasteiger partial charge < -0.3 is 9.84 Å². The van der Waals surface area contributed by atoms with Gasteiger partial charge in [-0.2, -0.15) is 0 Å². The van der Waals surface area contributed by atoms with Crippen LogP contribution >= 0.6 is 15.9 Å². The number of aryl methyl sites for hydroxylation is 1. The molecule has 1 aromatic rings. The van der Waals surface area contributed by atoms with E-state index in [0.29, 0.717) is 10.2 Å². The Morgan fingerprint density at radius 3 is 2.53 bits per heavy atom. The summed E-state index contributed by atoms with van der Waals surface area (Å²) in [4.78, 5) is 10.8. The Morgan fingerprint density at radius 2 is 2.13 bits per heavy atom. The number of halogens is 1. The second-order valence-corrected chi connectivity index (χ2v) is 4.27. The summed E-state index contributed by atoms with van der Waals surface area (Å²) >= 11 is 3.31. The lowest BCUT2D eigenvalue weighted by Crippen LogP contribution is -2.04. The van der Waals surface area contributed by atoms with Gasteiger partial charge in [-0.15, -0.1) is 0 Å².